The van der Waals surface area contributed by atoms with Crippen molar-refractivity contribution in [1.29, 1.82) is 0 Å². The van der Waals surface area contributed by atoms with Crippen molar-refractivity contribution < 1.29 is 4.74 Å². The molecule has 0 saturated carbocycles. The van der Waals surface area contributed by atoms with Crippen LogP contribution in [0.2, 0.25) is 0 Å². The first-order valence-corrected chi connectivity index (χ1v) is 12.4. The lowest BCUT2D eigenvalue weighted by atomic mass is 9.88. The topological polar surface area (TPSA) is 22.2 Å². The molecule has 182 valence electrons. The Morgan fingerprint density at radius 2 is 1.57 bits per heavy atom. The molecular formula is C30H36N4O. The second kappa shape index (κ2) is 8.97. The minimum atomic E-state index is -0.0272. The fourth-order valence-corrected chi connectivity index (χ4v) is 4.83. The zero-order valence-electron chi connectivity index (χ0n) is 21.7. The van der Waals surface area contributed by atoms with Gasteiger partial charge in [-0.25, -0.2) is 0 Å². The first-order chi connectivity index (χ1) is 16.7. The molecule has 0 saturated heterocycles. The summed E-state index contributed by atoms with van der Waals surface area (Å²) in [4.78, 5) is 9.17. The quantitative estimate of drug-likeness (QED) is 0.399. The molecular weight excluding hydrogens is 432 g/mol. The predicted octanol–water partition coefficient (Wildman–Crippen LogP) is 7.06. The second-order valence-corrected chi connectivity index (χ2v) is 10.5. The number of hydrogen-bond donors (Lipinski definition) is 0. The first-order valence-electron chi connectivity index (χ1n) is 12.4. The number of benzene rings is 3. The Bertz CT molecular complexity index is 1250. The summed E-state index contributed by atoms with van der Waals surface area (Å²) in [6, 6.07) is 23.7. The molecule has 2 aliphatic rings. The third-order valence-corrected chi connectivity index (χ3v) is 7.32. The standard InChI is InChI=1S/C30H36N4O/c1-22(2)23-16-25(34-21-32(6)30(3,4)28-12-7-8-13-29(28)34)19-27(17-23)35-26-11-9-10-24(18-26)33-15-14-31(5)20-33/h7-19,22H,20-21H2,1-6H3. The van der Waals surface area contributed by atoms with Gasteiger partial charge in [0.2, 0.25) is 0 Å². The predicted molar refractivity (Wildman–Crippen MR) is 146 cm³/mol. The van der Waals surface area contributed by atoms with Gasteiger partial charge in [0.15, 0.2) is 0 Å². The third kappa shape index (κ3) is 4.48. The molecule has 3 aromatic carbocycles. The number of anilines is 3. The molecule has 2 aliphatic heterocycles. The number of nitrogens with zero attached hydrogens (tertiary/aromatic N) is 4. The lowest BCUT2D eigenvalue weighted by molar-refractivity contribution is 0.150. The summed E-state index contributed by atoms with van der Waals surface area (Å²) in [7, 11) is 4.27. The van der Waals surface area contributed by atoms with E-state index in [0.29, 0.717) is 5.92 Å². The van der Waals surface area contributed by atoms with Gasteiger partial charge in [0.05, 0.1) is 13.3 Å². The summed E-state index contributed by atoms with van der Waals surface area (Å²) < 4.78 is 6.48. The van der Waals surface area contributed by atoms with E-state index in [1.807, 2.05) is 6.07 Å². The van der Waals surface area contributed by atoms with Gasteiger partial charge in [-0.3, -0.25) is 4.90 Å². The van der Waals surface area contributed by atoms with E-state index in [0.717, 1.165) is 36.2 Å². The number of rotatable bonds is 5. The van der Waals surface area contributed by atoms with Crippen molar-refractivity contribution in [3.05, 3.63) is 90.3 Å². The molecule has 0 fully saturated rings. The van der Waals surface area contributed by atoms with Crippen LogP contribution in [0.5, 0.6) is 11.5 Å². The molecule has 0 amide bonds. The third-order valence-electron chi connectivity index (χ3n) is 7.32. The highest BCUT2D eigenvalue weighted by Crippen LogP contribution is 2.43. The summed E-state index contributed by atoms with van der Waals surface area (Å²) in [5.74, 6) is 2.10. The van der Waals surface area contributed by atoms with E-state index in [1.54, 1.807) is 0 Å². The second-order valence-electron chi connectivity index (χ2n) is 10.5. The molecule has 0 N–H and O–H groups in total. The van der Waals surface area contributed by atoms with Gasteiger partial charge in [-0.1, -0.05) is 38.1 Å². The molecule has 35 heavy (non-hydrogen) atoms. The van der Waals surface area contributed by atoms with E-state index >= 15 is 0 Å². The summed E-state index contributed by atoms with van der Waals surface area (Å²) in [6.07, 6.45) is 4.18. The van der Waals surface area contributed by atoms with Crippen molar-refractivity contribution in [2.75, 3.05) is 37.2 Å². The van der Waals surface area contributed by atoms with Gasteiger partial charge >= 0.3 is 0 Å². The van der Waals surface area contributed by atoms with Crippen LogP contribution in [-0.4, -0.2) is 37.2 Å². The number of ether oxygens (including phenoxy) is 1. The average molecular weight is 469 g/mol. The Morgan fingerprint density at radius 3 is 2.31 bits per heavy atom. The highest BCUT2D eigenvalue weighted by atomic mass is 16.5. The van der Waals surface area contributed by atoms with Crippen LogP contribution in [-0.2, 0) is 5.54 Å². The lowest BCUT2D eigenvalue weighted by Crippen LogP contribution is -2.49. The van der Waals surface area contributed by atoms with Gasteiger partial charge in [-0.2, -0.15) is 0 Å². The number of hydrogen-bond acceptors (Lipinski definition) is 5. The molecule has 0 spiro atoms. The Morgan fingerprint density at radius 1 is 0.800 bits per heavy atom. The largest absolute Gasteiger partial charge is 0.457 e. The van der Waals surface area contributed by atoms with Crippen LogP contribution < -0.4 is 14.5 Å². The minimum Gasteiger partial charge on any atom is -0.457 e. The van der Waals surface area contributed by atoms with Gasteiger partial charge in [0.1, 0.15) is 11.5 Å². The Kier molecular flexibility index (Phi) is 5.97. The number of para-hydroxylation sites is 1. The lowest BCUT2D eigenvalue weighted by Gasteiger charge is -2.47. The van der Waals surface area contributed by atoms with E-state index in [1.165, 1.54) is 16.8 Å². The summed E-state index contributed by atoms with van der Waals surface area (Å²) in [6.45, 7) is 10.7. The van der Waals surface area contributed by atoms with E-state index in [-0.39, 0.29) is 5.54 Å². The highest BCUT2D eigenvalue weighted by molar-refractivity contribution is 5.71. The SMILES string of the molecule is CC(C)c1cc(Oc2cccc(N3C=CN(C)C3)c2)cc(N2CN(C)C(C)(C)c3ccccc32)c1. The summed E-state index contributed by atoms with van der Waals surface area (Å²) in [5.41, 5.74) is 6.11. The molecule has 0 bridgehead atoms. The van der Waals surface area contributed by atoms with Crippen LogP contribution in [0.1, 0.15) is 44.7 Å². The van der Waals surface area contributed by atoms with Gasteiger partial charge in [0, 0.05) is 54.2 Å². The molecule has 5 rings (SSSR count). The van der Waals surface area contributed by atoms with Gasteiger partial charge in [-0.05, 0) is 68.3 Å². The summed E-state index contributed by atoms with van der Waals surface area (Å²) >= 11 is 0. The normalized spacial score (nSPS) is 17.3. The van der Waals surface area contributed by atoms with Crippen LogP contribution in [0.15, 0.2) is 79.1 Å². The molecule has 5 nitrogen and oxygen atoms in total. The van der Waals surface area contributed by atoms with Crippen molar-refractivity contribution in [1.82, 2.24) is 9.80 Å². The van der Waals surface area contributed by atoms with E-state index < -0.39 is 0 Å². The van der Waals surface area contributed by atoms with E-state index in [2.05, 4.69) is 134 Å². The van der Waals surface area contributed by atoms with Crippen LogP contribution >= 0.6 is 0 Å². The molecule has 5 heteroatoms. The van der Waals surface area contributed by atoms with Crippen molar-refractivity contribution in [2.24, 2.45) is 0 Å². The van der Waals surface area contributed by atoms with Gasteiger partial charge in [-0.15, -0.1) is 0 Å². The molecule has 0 unspecified atom stereocenters. The zero-order chi connectivity index (χ0) is 24.7. The van der Waals surface area contributed by atoms with Crippen molar-refractivity contribution in [2.45, 2.75) is 39.2 Å². The molecule has 0 aliphatic carbocycles. The highest BCUT2D eigenvalue weighted by Gasteiger charge is 2.35. The molecule has 0 atom stereocenters. The Hall–Kier alpha value is -3.44. The maximum atomic E-state index is 6.48. The summed E-state index contributed by atoms with van der Waals surface area (Å²) in [5, 5.41) is 0. The van der Waals surface area contributed by atoms with E-state index in [4.69, 9.17) is 4.74 Å². The van der Waals surface area contributed by atoms with Crippen molar-refractivity contribution >= 4 is 17.1 Å². The van der Waals surface area contributed by atoms with E-state index in [9.17, 15) is 0 Å². The van der Waals surface area contributed by atoms with Crippen molar-refractivity contribution in [3.63, 3.8) is 0 Å². The smallest absolute Gasteiger partial charge is 0.129 e. The van der Waals surface area contributed by atoms with Crippen LogP contribution in [0.3, 0.4) is 0 Å². The fourth-order valence-electron chi connectivity index (χ4n) is 4.83. The van der Waals surface area contributed by atoms with Crippen molar-refractivity contribution in [3.8, 4) is 11.5 Å². The molecule has 0 aromatic heterocycles. The Balaban J connectivity index is 1.51. The maximum absolute atomic E-state index is 6.48. The number of fused-ring (bicyclic) bond motifs is 1. The average Bonchev–Trinajstić information content (AvgIpc) is 3.28. The Labute approximate surface area is 209 Å². The molecule has 3 aromatic rings. The zero-order valence-corrected chi connectivity index (χ0v) is 21.7. The van der Waals surface area contributed by atoms with Gasteiger partial charge < -0.3 is 19.4 Å². The molecule has 0 radical (unpaired) electrons. The first kappa shape index (κ1) is 23.3. The maximum Gasteiger partial charge on any atom is 0.129 e. The monoisotopic (exact) mass is 468 g/mol. The van der Waals surface area contributed by atoms with Crippen LogP contribution in [0, 0.1) is 0 Å². The fraction of sp³-hybridized carbons (Fsp3) is 0.333. The van der Waals surface area contributed by atoms with Gasteiger partial charge in [0.25, 0.3) is 0 Å². The molecule has 2 heterocycles. The van der Waals surface area contributed by atoms with Crippen LogP contribution in [0.4, 0.5) is 17.1 Å². The minimum absolute atomic E-state index is 0.0272. The van der Waals surface area contributed by atoms with Crippen LogP contribution in [0.25, 0.3) is 0 Å².